The van der Waals surface area contributed by atoms with Crippen molar-refractivity contribution in [2.75, 3.05) is 4.90 Å². The molecule has 0 aromatic heterocycles. The van der Waals surface area contributed by atoms with Crippen LogP contribution < -0.4 is 10.2 Å². The third kappa shape index (κ3) is 3.41. The van der Waals surface area contributed by atoms with Gasteiger partial charge in [0.15, 0.2) is 0 Å². The predicted octanol–water partition coefficient (Wildman–Crippen LogP) is 3.72. The second kappa shape index (κ2) is 6.86. The van der Waals surface area contributed by atoms with Crippen molar-refractivity contribution in [3.05, 3.63) is 67.7 Å². The van der Waals surface area contributed by atoms with Gasteiger partial charge in [-0.15, -0.1) is 0 Å². The van der Waals surface area contributed by atoms with Gasteiger partial charge in [0.2, 0.25) is 0 Å². The fourth-order valence-electron chi connectivity index (χ4n) is 2.21. The largest absolute Gasteiger partial charge is 0.335 e. The van der Waals surface area contributed by atoms with Gasteiger partial charge in [0.05, 0.1) is 5.69 Å². The van der Waals surface area contributed by atoms with Gasteiger partial charge in [-0.25, -0.2) is 9.69 Å². The summed E-state index contributed by atoms with van der Waals surface area (Å²) in [6, 6.07) is 13.3. The van der Waals surface area contributed by atoms with Crippen molar-refractivity contribution in [2.24, 2.45) is 0 Å². The van der Waals surface area contributed by atoms with Crippen molar-refractivity contribution in [3.63, 3.8) is 0 Å². The number of anilines is 1. The van der Waals surface area contributed by atoms with Crippen LogP contribution in [0.4, 0.5) is 10.5 Å². The number of carbonyl (C=O) groups is 3. The molecular weight excluding hydrogens is 487 g/mol. The number of urea groups is 1. The van der Waals surface area contributed by atoms with Gasteiger partial charge in [0.25, 0.3) is 11.8 Å². The summed E-state index contributed by atoms with van der Waals surface area (Å²) in [6.45, 7) is 0. The normalized spacial score (nSPS) is 16.5. The summed E-state index contributed by atoms with van der Waals surface area (Å²) in [4.78, 5) is 37.8. The Balaban J connectivity index is 1.99. The van der Waals surface area contributed by atoms with E-state index >= 15 is 0 Å². The van der Waals surface area contributed by atoms with Crippen LogP contribution in [-0.2, 0) is 9.59 Å². The van der Waals surface area contributed by atoms with Crippen LogP contribution in [0.5, 0.6) is 0 Å². The summed E-state index contributed by atoms with van der Waals surface area (Å²) in [6.07, 6.45) is 1.48. The first kappa shape index (κ1) is 16.8. The van der Waals surface area contributed by atoms with Crippen molar-refractivity contribution < 1.29 is 14.4 Å². The van der Waals surface area contributed by atoms with E-state index < -0.39 is 17.8 Å². The molecule has 1 fully saturated rings. The van der Waals surface area contributed by atoms with E-state index in [1.807, 2.05) is 12.1 Å². The van der Waals surface area contributed by atoms with Crippen molar-refractivity contribution in [1.29, 1.82) is 0 Å². The Labute approximate surface area is 160 Å². The summed E-state index contributed by atoms with van der Waals surface area (Å²) in [5.74, 6) is -1.35. The Hall–Kier alpha value is -2.00. The molecule has 1 N–H and O–H groups in total. The molecule has 0 atom stereocenters. The number of barbiturate groups is 1. The highest BCUT2D eigenvalue weighted by molar-refractivity contribution is 14.1. The molecule has 24 heavy (non-hydrogen) atoms. The first-order chi connectivity index (χ1) is 11.5. The molecule has 0 unspecified atom stereocenters. The number of rotatable bonds is 2. The molecule has 0 bridgehead atoms. The first-order valence-electron chi connectivity index (χ1n) is 6.88. The van der Waals surface area contributed by atoms with Gasteiger partial charge in [0, 0.05) is 8.04 Å². The third-order valence-corrected chi connectivity index (χ3v) is 4.62. The minimum atomic E-state index is -0.757. The fraction of sp³-hybridized carbons (Fsp3) is 0. The van der Waals surface area contributed by atoms with E-state index in [-0.39, 0.29) is 5.57 Å². The number of imide groups is 2. The Morgan fingerprint density at radius 3 is 2.21 bits per heavy atom. The minimum absolute atomic E-state index is 0.0845. The van der Waals surface area contributed by atoms with E-state index in [0.29, 0.717) is 11.3 Å². The summed E-state index contributed by atoms with van der Waals surface area (Å²) in [7, 11) is 0. The van der Waals surface area contributed by atoms with E-state index in [0.717, 1.165) is 12.9 Å². The molecule has 3 rings (SSSR count). The monoisotopic (exact) mass is 496 g/mol. The van der Waals surface area contributed by atoms with Crippen LogP contribution >= 0.6 is 38.5 Å². The number of hydrogen-bond acceptors (Lipinski definition) is 3. The molecule has 1 aliphatic heterocycles. The molecule has 7 heteroatoms. The zero-order chi connectivity index (χ0) is 17.3. The molecule has 5 nitrogen and oxygen atoms in total. The smallest absolute Gasteiger partial charge is 0.273 e. The van der Waals surface area contributed by atoms with Gasteiger partial charge in [-0.05, 0) is 70.6 Å². The Morgan fingerprint density at radius 1 is 0.958 bits per heavy atom. The number of amides is 4. The summed E-state index contributed by atoms with van der Waals surface area (Å²) >= 11 is 5.47. The van der Waals surface area contributed by atoms with E-state index in [2.05, 4.69) is 43.8 Å². The quantitative estimate of drug-likeness (QED) is 0.391. The zero-order valence-electron chi connectivity index (χ0n) is 12.1. The molecule has 0 spiro atoms. The summed E-state index contributed by atoms with van der Waals surface area (Å²) < 4.78 is 1.86. The lowest BCUT2D eigenvalue weighted by atomic mass is 10.1. The molecule has 1 heterocycles. The molecule has 1 saturated heterocycles. The number of nitrogens with one attached hydrogen (secondary N) is 1. The average molecular weight is 497 g/mol. The third-order valence-electron chi connectivity index (χ3n) is 3.37. The van der Waals surface area contributed by atoms with Crippen LogP contribution in [0.2, 0.25) is 0 Å². The molecule has 120 valence electrons. The van der Waals surface area contributed by atoms with Gasteiger partial charge in [0.1, 0.15) is 5.57 Å². The number of halogens is 2. The zero-order valence-corrected chi connectivity index (χ0v) is 15.9. The molecular formula is C17H10BrIN2O3. The molecule has 0 radical (unpaired) electrons. The van der Waals surface area contributed by atoms with E-state index in [4.69, 9.17) is 0 Å². The van der Waals surface area contributed by atoms with Gasteiger partial charge >= 0.3 is 6.03 Å². The van der Waals surface area contributed by atoms with Crippen LogP contribution in [0.15, 0.2) is 58.6 Å². The van der Waals surface area contributed by atoms with Crippen LogP contribution in [0, 0.1) is 3.57 Å². The topological polar surface area (TPSA) is 66.5 Å². The number of nitrogens with zero attached hydrogens (tertiary/aromatic N) is 1. The Bertz CT molecular complexity index is 860. The van der Waals surface area contributed by atoms with Crippen molar-refractivity contribution in [3.8, 4) is 0 Å². The number of benzene rings is 2. The lowest BCUT2D eigenvalue weighted by Crippen LogP contribution is -2.54. The summed E-state index contributed by atoms with van der Waals surface area (Å²) in [5.41, 5.74) is 1.01. The molecule has 2 aromatic rings. The molecule has 0 aliphatic carbocycles. The summed E-state index contributed by atoms with van der Waals surface area (Å²) in [5, 5.41) is 2.20. The van der Waals surface area contributed by atoms with Crippen LogP contribution in [0.1, 0.15) is 5.56 Å². The van der Waals surface area contributed by atoms with Gasteiger partial charge in [-0.1, -0.05) is 28.1 Å². The second-order valence-corrected chi connectivity index (χ2v) is 7.15. The molecule has 4 amide bonds. The van der Waals surface area contributed by atoms with Gasteiger partial charge < -0.3 is 0 Å². The SMILES string of the molecule is O=C1NC(=O)N(c2ccc(Br)cc2)C(=O)/C1=C/c1ccc(I)cc1. The average Bonchev–Trinajstić information content (AvgIpc) is 2.55. The van der Waals surface area contributed by atoms with E-state index in [1.165, 1.54) is 6.08 Å². The van der Waals surface area contributed by atoms with Crippen molar-refractivity contribution in [1.82, 2.24) is 5.32 Å². The van der Waals surface area contributed by atoms with Crippen LogP contribution in [0.3, 0.4) is 0 Å². The van der Waals surface area contributed by atoms with Crippen LogP contribution in [-0.4, -0.2) is 17.8 Å². The van der Waals surface area contributed by atoms with Crippen LogP contribution in [0.25, 0.3) is 6.08 Å². The van der Waals surface area contributed by atoms with Gasteiger partial charge in [-0.3, -0.25) is 14.9 Å². The highest BCUT2D eigenvalue weighted by Gasteiger charge is 2.36. The number of hydrogen-bond donors (Lipinski definition) is 1. The maximum Gasteiger partial charge on any atom is 0.335 e. The van der Waals surface area contributed by atoms with Crippen molar-refractivity contribution in [2.45, 2.75) is 0 Å². The fourth-order valence-corrected chi connectivity index (χ4v) is 2.83. The first-order valence-corrected chi connectivity index (χ1v) is 8.75. The minimum Gasteiger partial charge on any atom is -0.273 e. The van der Waals surface area contributed by atoms with E-state index in [9.17, 15) is 14.4 Å². The highest BCUT2D eigenvalue weighted by atomic mass is 127. The van der Waals surface area contributed by atoms with Gasteiger partial charge in [-0.2, -0.15) is 0 Å². The van der Waals surface area contributed by atoms with E-state index in [1.54, 1.807) is 36.4 Å². The Kier molecular flexibility index (Phi) is 4.81. The maximum absolute atomic E-state index is 12.7. The lowest BCUT2D eigenvalue weighted by Gasteiger charge is -2.26. The molecule has 2 aromatic carbocycles. The Morgan fingerprint density at radius 2 is 1.58 bits per heavy atom. The lowest BCUT2D eigenvalue weighted by molar-refractivity contribution is -0.122. The highest BCUT2D eigenvalue weighted by Crippen LogP contribution is 2.23. The molecule has 1 aliphatic rings. The van der Waals surface area contributed by atoms with Crippen molar-refractivity contribution >= 4 is 68.1 Å². The maximum atomic E-state index is 12.7. The standard InChI is InChI=1S/C17H10BrIN2O3/c18-11-3-7-13(8-4-11)21-16(23)14(15(22)20-17(21)24)9-10-1-5-12(19)6-2-10/h1-9H,(H,20,22,24)/b14-9+. The predicted molar refractivity (Wildman–Crippen MR) is 102 cm³/mol. The second-order valence-electron chi connectivity index (χ2n) is 4.99. The molecule has 0 saturated carbocycles. The number of carbonyl (C=O) groups excluding carboxylic acids is 3.